The second-order valence-corrected chi connectivity index (χ2v) is 6.85. The second kappa shape index (κ2) is 6.37. The normalized spacial score (nSPS) is 27.8. The Bertz CT molecular complexity index is 778. The molecule has 0 saturated carbocycles. The summed E-state index contributed by atoms with van der Waals surface area (Å²) in [5, 5.41) is 10.8. The van der Waals surface area contributed by atoms with Crippen LogP contribution >= 0.6 is 7.60 Å². The summed E-state index contributed by atoms with van der Waals surface area (Å²) >= 11 is 0. The molecule has 0 aromatic carbocycles. The third-order valence-corrected chi connectivity index (χ3v) is 4.15. The van der Waals surface area contributed by atoms with E-state index in [1.54, 1.807) is 16.8 Å². The molecule has 0 spiro atoms. The van der Waals surface area contributed by atoms with Gasteiger partial charge in [-0.1, -0.05) is 0 Å². The Hall–Kier alpha value is -1.59. The molecule has 0 aliphatic carbocycles. The van der Waals surface area contributed by atoms with Crippen LogP contribution in [0.1, 0.15) is 6.23 Å². The number of ether oxygens (including phenoxy) is 3. The number of fused-ring (bicyclic) bond motifs is 1. The highest BCUT2D eigenvalue weighted by molar-refractivity contribution is 7.51. The molecule has 4 atom stereocenters. The van der Waals surface area contributed by atoms with Gasteiger partial charge in [0.15, 0.2) is 18.9 Å². The van der Waals surface area contributed by atoms with Gasteiger partial charge < -0.3 is 39.4 Å². The maximum atomic E-state index is 10.9. The number of nitrogens with zero attached hydrogens (tertiary/aromatic N) is 3. The third-order valence-electron chi connectivity index (χ3n) is 3.66. The zero-order valence-electron chi connectivity index (χ0n) is 12.6. The Morgan fingerprint density at radius 2 is 2.21 bits per heavy atom. The number of nitrogens with two attached hydrogens (primary N) is 1. The SMILES string of the molecule is CO[C@H]1C(O)[C@@H](OCP(=O)(O)O)O[C@H]1n1ccc2c(N)ncnc21. The number of rotatable bonds is 5. The van der Waals surface area contributed by atoms with Gasteiger partial charge >= 0.3 is 7.60 Å². The number of aliphatic hydroxyl groups is 1. The topological polar surface area (TPSA) is 162 Å². The fourth-order valence-electron chi connectivity index (χ4n) is 2.60. The zero-order valence-corrected chi connectivity index (χ0v) is 13.5. The van der Waals surface area contributed by atoms with Gasteiger partial charge in [0.25, 0.3) is 0 Å². The van der Waals surface area contributed by atoms with Crippen molar-refractivity contribution in [3.63, 3.8) is 0 Å². The van der Waals surface area contributed by atoms with E-state index in [2.05, 4.69) is 9.97 Å². The Labute approximate surface area is 136 Å². The summed E-state index contributed by atoms with van der Waals surface area (Å²) in [6.07, 6.45) is -2.10. The van der Waals surface area contributed by atoms with Crippen molar-refractivity contribution in [3.8, 4) is 0 Å². The molecule has 3 rings (SSSR count). The molecule has 0 amide bonds. The minimum absolute atomic E-state index is 0.292. The molecule has 2 aromatic heterocycles. The Kier molecular flexibility index (Phi) is 4.58. The van der Waals surface area contributed by atoms with Gasteiger partial charge in [-0.3, -0.25) is 4.57 Å². The minimum Gasteiger partial charge on any atom is -0.385 e. The van der Waals surface area contributed by atoms with Gasteiger partial charge in [-0.2, -0.15) is 0 Å². The van der Waals surface area contributed by atoms with Crippen molar-refractivity contribution in [1.82, 2.24) is 14.5 Å². The highest BCUT2D eigenvalue weighted by Crippen LogP contribution is 2.39. The molecule has 1 unspecified atom stereocenters. The predicted octanol–water partition coefficient (Wildman–Crippen LogP) is -0.604. The summed E-state index contributed by atoms with van der Waals surface area (Å²) in [5.41, 5.74) is 6.26. The van der Waals surface area contributed by atoms with E-state index in [1.165, 1.54) is 13.4 Å². The Morgan fingerprint density at radius 3 is 2.88 bits per heavy atom. The number of anilines is 1. The average Bonchev–Trinajstić information content (AvgIpc) is 3.06. The first-order valence-electron chi connectivity index (χ1n) is 6.91. The molecule has 1 aliphatic heterocycles. The van der Waals surface area contributed by atoms with E-state index in [1.807, 2.05) is 0 Å². The first-order chi connectivity index (χ1) is 11.3. The molecule has 0 radical (unpaired) electrons. The maximum Gasteiger partial charge on any atom is 0.351 e. The van der Waals surface area contributed by atoms with Crippen LogP contribution in [-0.2, 0) is 18.8 Å². The summed E-state index contributed by atoms with van der Waals surface area (Å²) in [4.78, 5) is 25.8. The van der Waals surface area contributed by atoms with Crippen LogP contribution in [0.25, 0.3) is 11.0 Å². The highest BCUT2D eigenvalue weighted by atomic mass is 31.2. The quantitative estimate of drug-likeness (QED) is 0.506. The first kappa shape index (κ1) is 17.2. The van der Waals surface area contributed by atoms with Gasteiger partial charge in [-0.15, -0.1) is 0 Å². The van der Waals surface area contributed by atoms with Crippen LogP contribution in [-0.4, -0.2) is 61.4 Å². The summed E-state index contributed by atoms with van der Waals surface area (Å²) < 4.78 is 28.4. The van der Waals surface area contributed by atoms with Crippen LogP contribution < -0.4 is 5.73 Å². The summed E-state index contributed by atoms with van der Waals surface area (Å²) in [6.45, 7) is 0. The van der Waals surface area contributed by atoms with Crippen molar-refractivity contribution in [2.24, 2.45) is 0 Å². The fraction of sp³-hybridized carbons (Fsp3) is 0.500. The molecule has 12 heteroatoms. The highest BCUT2D eigenvalue weighted by Gasteiger charge is 2.46. The molecular weight excluding hydrogens is 343 g/mol. The molecule has 132 valence electrons. The third kappa shape index (κ3) is 3.15. The summed E-state index contributed by atoms with van der Waals surface area (Å²) in [7, 11) is -3.02. The number of aromatic nitrogens is 3. The molecule has 24 heavy (non-hydrogen) atoms. The van der Waals surface area contributed by atoms with Crippen molar-refractivity contribution in [2.45, 2.75) is 24.7 Å². The fourth-order valence-corrected chi connectivity index (χ4v) is 2.94. The molecular formula is C12H17N4O7P. The smallest absolute Gasteiger partial charge is 0.351 e. The minimum atomic E-state index is -4.40. The van der Waals surface area contributed by atoms with Crippen LogP contribution in [0.5, 0.6) is 0 Å². The van der Waals surface area contributed by atoms with E-state index in [-0.39, 0.29) is 0 Å². The molecule has 3 heterocycles. The van der Waals surface area contributed by atoms with E-state index < -0.39 is 38.7 Å². The van der Waals surface area contributed by atoms with Crippen molar-refractivity contribution >= 4 is 24.4 Å². The molecule has 1 fully saturated rings. The number of methoxy groups -OCH3 is 1. The van der Waals surface area contributed by atoms with Crippen LogP contribution in [0.4, 0.5) is 5.82 Å². The van der Waals surface area contributed by atoms with Crippen molar-refractivity contribution < 1.29 is 33.7 Å². The largest absolute Gasteiger partial charge is 0.385 e. The van der Waals surface area contributed by atoms with Gasteiger partial charge in [0.2, 0.25) is 0 Å². The lowest BCUT2D eigenvalue weighted by atomic mass is 10.2. The molecule has 5 N–H and O–H groups in total. The standard InChI is InChI=1S/C12H17N4O7P/c1-21-8-7(17)12(22-5-24(18,19)20)23-11(8)16-3-2-6-9(13)14-4-15-10(6)16/h2-4,7-8,11-12,17H,5H2,1H3,(H2,13,14,15)(H2,18,19,20)/t7?,8-,11+,12-/m0/s1. The lowest BCUT2D eigenvalue weighted by Crippen LogP contribution is -2.34. The predicted molar refractivity (Wildman–Crippen MR) is 80.7 cm³/mol. The van der Waals surface area contributed by atoms with E-state index in [0.717, 1.165) is 0 Å². The average molecular weight is 360 g/mol. The van der Waals surface area contributed by atoms with Gasteiger partial charge in [0.1, 0.15) is 30.0 Å². The molecule has 2 aromatic rings. The van der Waals surface area contributed by atoms with Crippen molar-refractivity contribution in [3.05, 3.63) is 18.6 Å². The lowest BCUT2D eigenvalue weighted by molar-refractivity contribution is -0.167. The van der Waals surface area contributed by atoms with Crippen molar-refractivity contribution in [1.29, 1.82) is 0 Å². The number of hydrogen-bond acceptors (Lipinski definition) is 8. The van der Waals surface area contributed by atoms with Crippen LogP contribution in [0.2, 0.25) is 0 Å². The van der Waals surface area contributed by atoms with E-state index in [4.69, 9.17) is 29.7 Å². The Morgan fingerprint density at radius 1 is 1.46 bits per heavy atom. The molecule has 11 nitrogen and oxygen atoms in total. The van der Waals surface area contributed by atoms with E-state index >= 15 is 0 Å². The zero-order chi connectivity index (χ0) is 17.5. The van der Waals surface area contributed by atoms with Crippen LogP contribution in [0, 0.1) is 0 Å². The summed E-state index contributed by atoms with van der Waals surface area (Å²) in [6, 6.07) is 1.69. The summed E-state index contributed by atoms with van der Waals surface area (Å²) in [5.74, 6) is 0.292. The van der Waals surface area contributed by atoms with E-state index in [9.17, 15) is 9.67 Å². The molecule has 0 bridgehead atoms. The monoisotopic (exact) mass is 360 g/mol. The van der Waals surface area contributed by atoms with Crippen LogP contribution in [0.15, 0.2) is 18.6 Å². The van der Waals surface area contributed by atoms with E-state index in [0.29, 0.717) is 16.9 Å². The Balaban J connectivity index is 1.89. The molecule has 1 saturated heterocycles. The van der Waals surface area contributed by atoms with Gasteiger partial charge in [0.05, 0.1) is 5.39 Å². The van der Waals surface area contributed by atoms with Gasteiger partial charge in [-0.25, -0.2) is 9.97 Å². The lowest BCUT2D eigenvalue weighted by Gasteiger charge is -2.20. The van der Waals surface area contributed by atoms with Gasteiger partial charge in [0, 0.05) is 13.3 Å². The van der Waals surface area contributed by atoms with Gasteiger partial charge in [-0.05, 0) is 6.07 Å². The molecule has 1 aliphatic rings. The first-order valence-corrected chi connectivity index (χ1v) is 8.71. The van der Waals surface area contributed by atoms with Crippen LogP contribution in [0.3, 0.4) is 0 Å². The maximum absolute atomic E-state index is 10.9. The number of nitrogen functional groups attached to an aromatic ring is 1. The number of aliphatic hydroxyl groups excluding tert-OH is 1. The van der Waals surface area contributed by atoms with Crippen molar-refractivity contribution in [2.75, 3.05) is 19.2 Å². The number of hydrogen-bond donors (Lipinski definition) is 4. The second-order valence-electron chi connectivity index (χ2n) is 5.27.